The van der Waals surface area contributed by atoms with Crippen molar-refractivity contribution in [2.75, 3.05) is 31.1 Å². The number of nitrogens with one attached hydrogen (secondary N) is 2. The summed E-state index contributed by atoms with van der Waals surface area (Å²) in [6, 6.07) is 13.0. The van der Waals surface area contributed by atoms with Crippen molar-refractivity contribution >= 4 is 17.6 Å². The molecule has 1 aliphatic rings. The highest BCUT2D eigenvalue weighted by Gasteiger charge is 2.28. The van der Waals surface area contributed by atoms with E-state index in [0.29, 0.717) is 25.4 Å². The van der Waals surface area contributed by atoms with Gasteiger partial charge in [-0.25, -0.2) is 4.79 Å². The first-order valence-corrected chi connectivity index (χ1v) is 9.70. The van der Waals surface area contributed by atoms with Crippen LogP contribution in [0.2, 0.25) is 0 Å². The summed E-state index contributed by atoms with van der Waals surface area (Å²) in [6.45, 7) is 6.94. The highest BCUT2D eigenvalue weighted by molar-refractivity contribution is 5.87. The average molecular weight is 384 g/mol. The first-order chi connectivity index (χ1) is 13.5. The number of nitrogens with zero attached hydrogens (tertiary/aromatic N) is 2. The minimum Gasteiger partial charge on any atom is -0.467 e. The van der Waals surface area contributed by atoms with Crippen LogP contribution in [0.4, 0.5) is 10.5 Å². The molecule has 1 aromatic carbocycles. The molecule has 2 N–H and O–H groups in total. The number of anilines is 1. The van der Waals surface area contributed by atoms with Gasteiger partial charge in [-0.3, -0.25) is 4.79 Å². The predicted octanol–water partition coefficient (Wildman–Crippen LogP) is 2.45. The summed E-state index contributed by atoms with van der Waals surface area (Å²) < 4.78 is 5.23. The van der Waals surface area contributed by atoms with Crippen molar-refractivity contribution in [1.82, 2.24) is 15.5 Å². The van der Waals surface area contributed by atoms with Crippen LogP contribution in [-0.2, 0) is 11.3 Å². The number of benzene rings is 1. The van der Waals surface area contributed by atoms with Gasteiger partial charge in [0.05, 0.1) is 12.8 Å². The zero-order valence-corrected chi connectivity index (χ0v) is 16.4. The highest BCUT2D eigenvalue weighted by atomic mass is 16.3. The summed E-state index contributed by atoms with van der Waals surface area (Å²) in [5, 5.41) is 5.73. The van der Waals surface area contributed by atoms with E-state index in [-0.39, 0.29) is 17.9 Å². The fraction of sp³-hybridized carbons (Fsp3) is 0.429. The Bertz CT molecular complexity index is 753. The molecule has 1 saturated heterocycles. The van der Waals surface area contributed by atoms with E-state index < -0.39 is 6.04 Å². The quantitative estimate of drug-likeness (QED) is 0.802. The van der Waals surface area contributed by atoms with Crippen molar-refractivity contribution in [3.8, 4) is 0 Å². The molecule has 0 saturated carbocycles. The summed E-state index contributed by atoms with van der Waals surface area (Å²) >= 11 is 0. The summed E-state index contributed by atoms with van der Waals surface area (Å²) in [6.07, 6.45) is 1.57. The third kappa shape index (κ3) is 5.06. The molecule has 3 rings (SSSR count). The van der Waals surface area contributed by atoms with E-state index in [1.807, 2.05) is 32.0 Å². The lowest BCUT2D eigenvalue weighted by Crippen LogP contribution is -2.57. The summed E-state index contributed by atoms with van der Waals surface area (Å²) in [7, 11) is 0. The van der Waals surface area contributed by atoms with Crippen LogP contribution in [0.1, 0.15) is 19.6 Å². The first-order valence-electron chi connectivity index (χ1n) is 9.70. The maximum absolute atomic E-state index is 12.7. The molecule has 1 fully saturated rings. The molecular weight excluding hydrogens is 356 g/mol. The molecule has 1 aliphatic heterocycles. The molecule has 1 aromatic heterocycles. The zero-order valence-electron chi connectivity index (χ0n) is 16.4. The molecule has 0 unspecified atom stereocenters. The minimum atomic E-state index is -0.588. The SMILES string of the molecule is CC(C)[C@@H](NC(=O)N1CCN(c2ccccc2)CC1)C(=O)NCc1ccco1. The third-order valence-electron chi connectivity index (χ3n) is 4.93. The number of hydrogen-bond donors (Lipinski definition) is 2. The van der Waals surface area contributed by atoms with Crippen molar-refractivity contribution in [3.63, 3.8) is 0 Å². The maximum atomic E-state index is 12.7. The monoisotopic (exact) mass is 384 g/mol. The van der Waals surface area contributed by atoms with Crippen LogP contribution >= 0.6 is 0 Å². The number of amides is 3. The number of furan rings is 1. The minimum absolute atomic E-state index is 0.0221. The van der Waals surface area contributed by atoms with Gasteiger partial charge in [0.15, 0.2) is 0 Å². The molecule has 7 nitrogen and oxygen atoms in total. The van der Waals surface area contributed by atoms with Gasteiger partial charge in [-0.1, -0.05) is 32.0 Å². The molecule has 0 radical (unpaired) electrons. The molecule has 3 amide bonds. The Balaban J connectivity index is 1.50. The third-order valence-corrected chi connectivity index (χ3v) is 4.93. The van der Waals surface area contributed by atoms with Gasteiger partial charge < -0.3 is 24.9 Å². The van der Waals surface area contributed by atoms with E-state index in [9.17, 15) is 9.59 Å². The second kappa shape index (κ2) is 9.30. The van der Waals surface area contributed by atoms with Crippen LogP contribution in [0, 0.1) is 5.92 Å². The second-order valence-corrected chi connectivity index (χ2v) is 7.28. The average Bonchev–Trinajstić information content (AvgIpc) is 3.24. The molecule has 150 valence electrons. The Morgan fingerprint density at radius 1 is 1.04 bits per heavy atom. The van der Waals surface area contributed by atoms with Crippen LogP contribution in [0.5, 0.6) is 0 Å². The molecule has 2 aromatic rings. The molecule has 2 heterocycles. The molecule has 0 bridgehead atoms. The van der Waals surface area contributed by atoms with E-state index in [1.54, 1.807) is 23.3 Å². The molecule has 7 heteroatoms. The number of hydrogen-bond acceptors (Lipinski definition) is 4. The first kappa shape index (κ1) is 19.8. The Hall–Kier alpha value is -2.96. The topological polar surface area (TPSA) is 77.8 Å². The lowest BCUT2D eigenvalue weighted by atomic mass is 10.0. The van der Waals surface area contributed by atoms with E-state index in [0.717, 1.165) is 13.1 Å². The maximum Gasteiger partial charge on any atom is 0.318 e. The fourth-order valence-corrected chi connectivity index (χ4v) is 3.26. The van der Waals surface area contributed by atoms with E-state index in [1.165, 1.54) is 5.69 Å². The van der Waals surface area contributed by atoms with Crippen molar-refractivity contribution < 1.29 is 14.0 Å². The van der Waals surface area contributed by atoms with E-state index in [2.05, 4.69) is 27.7 Å². The van der Waals surface area contributed by atoms with Gasteiger partial charge in [0, 0.05) is 31.9 Å². The van der Waals surface area contributed by atoms with Crippen molar-refractivity contribution in [2.24, 2.45) is 5.92 Å². The van der Waals surface area contributed by atoms with Gasteiger partial charge in [0.25, 0.3) is 0 Å². The smallest absolute Gasteiger partial charge is 0.318 e. The van der Waals surface area contributed by atoms with Gasteiger partial charge >= 0.3 is 6.03 Å². The van der Waals surface area contributed by atoms with Gasteiger partial charge in [0.1, 0.15) is 11.8 Å². The molecule has 28 heavy (non-hydrogen) atoms. The van der Waals surface area contributed by atoms with Crippen molar-refractivity contribution in [1.29, 1.82) is 0 Å². The fourth-order valence-electron chi connectivity index (χ4n) is 3.26. The Kier molecular flexibility index (Phi) is 6.57. The normalized spacial score (nSPS) is 15.4. The zero-order chi connectivity index (χ0) is 19.9. The van der Waals surface area contributed by atoms with Gasteiger partial charge in [0.2, 0.25) is 5.91 Å². The predicted molar refractivity (Wildman–Crippen MR) is 108 cm³/mol. The molecule has 0 aliphatic carbocycles. The van der Waals surface area contributed by atoms with Crippen LogP contribution < -0.4 is 15.5 Å². The standard InChI is InChI=1S/C21H28N4O3/c1-16(2)19(20(26)22-15-18-9-6-14-28-18)23-21(27)25-12-10-24(11-13-25)17-7-4-3-5-8-17/h3-9,14,16,19H,10-13,15H2,1-2H3,(H,22,26)(H,23,27)/t19-/m1/s1. The number of carbonyl (C=O) groups excluding carboxylic acids is 2. The van der Waals surface area contributed by atoms with Crippen LogP contribution in [0.25, 0.3) is 0 Å². The van der Waals surface area contributed by atoms with Gasteiger partial charge in [-0.2, -0.15) is 0 Å². The largest absolute Gasteiger partial charge is 0.467 e. The van der Waals surface area contributed by atoms with Gasteiger partial charge in [-0.05, 0) is 30.2 Å². The van der Waals surface area contributed by atoms with Crippen molar-refractivity contribution in [2.45, 2.75) is 26.4 Å². The van der Waals surface area contributed by atoms with Crippen molar-refractivity contribution in [3.05, 3.63) is 54.5 Å². The lowest BCUT2D eigenvalue weighted by molar-refractivity contribution is -0.124. The van der Waals surface area contributed by atoms with Crippen LogP contribution in [-0.4, -0.2) is 49.1 Å². The summed E-state index contributed by atoms with van der Waals surface area (Å²) in [5.41, 5.74) is 1.17. The Morgan fingerprint density at radius 3 is 2.36 bits per heavy atom. The van der Waals surface area contributed by atoms with Crippen LogP contribution in [0.3, 0.4) is 0 Å². The highest BCUT2D eigenvalue weighted by Crippen LogP contribution is 2.15. The number of piperazine rings is 1. The van der Waals surface area contributed by atoms with E-state index in [4.69, 9.17) is 4.42 Å². The number of rotatable bonds is 6. The lowest BCUT2D eigenvalue weighted by Gasteiger charge is -2.37. The Labute approximate surface area is 165 Å². The summed E-state index contributed by atoms with van der Waals surface area (Å²) in [5.74, 6) is 0.452. The molecular formula is C21H28N4O3. The summed E-state index contributed by atoms with van der Waals surface area (Å²) in [4.78, 5) is 29.3. The molecule has 1 atom stereocenters. The second-order valence-electron chi connectivity index (χ2n) is 7.28. The van der Waals surface area contributed by atoms with E-state index >= 15 is 0 Å². The van der Waals surface area contributed by atoms with Gasteiger partial charge in [-0.15, -0.1) is 0 Å². The number of urea groups is 1. The Morgan fingerprint density at radius 2 is 1.75 bits per heavy atom. The number of carbonyl (C=O) groups is 2. The number of para-hydroxylation sites is 1. The molecule has 0 spiro atoms. The van der Waals surface area contributed by atoms with Crippen LogP contribution in [0.15, 0.2) is 53.1 Å².